The summed E-state index contributed by atoms with van der Waals surface area (Å²) in [6.45, 7) is 7.96. The molecule has 5 rings (SSSR count). The number of hydrogen-bond donors (Lipinski definition) is 0. The average molecular weight is 477 g/mol. The molecular formula is C31H40O4. The first-order valence-electron chi connectivity index (χ1n) is 13.6. The molecular weight excluding hydrogens is 436 g/mol. The number of esters is 2. The number of rotatable bonds is 2. The number of carbonyl (C=O) groups is 2. The summed E-state index contributed by atoms with van der Waals surface area (Å²) in [5, 5.41) is 0. The molecule has 1 aromatic carbocycles. The van der Waals surface area contributed by atoms with Crippen LogP contribution in [-0.2, 0) is 19.1 Å². The van der Waals surface area contributed by atoms with Gasteiger partial charge in [-0.2, -0.15) is 0 Å². The molecule has 8 atom stereocenters. The quantitative estimate of drug-likeness (QED) is 0.370. The molecule has 0 radical (unpaired) electrons. The topological polar surface area (TPSA) is 52.6 Å². The molecule has 0 spiro atoms. The van der Waals surface area contributed by atoms with Crippen molar-refractivity contribution >= 4 is 11.9 Å². The second-order valence-corrected chi connectivity index (χ2v) is 12.3. The zero-order valence-electron chi connectivity index (χ0n) is 21.8. The Morgan fingerprint density at radius 1 is 0.857 bits per heavy atom. The summed E-state index contributed by atoms with van der Waals surface area (Å²) >= 11 is 0. The van der Waals surface area contributed by atoms with Crippen LogP contribution in [0.2, 0.25) is 0 Å². The van der Waals surface area contributed by atoms with Crippen LogP contribution >= 0.6 is 0 Å². The highest BCUT2D eigenvalue weighted by atomic mass is 16.6. The van der Waals surface area contributed by atoms with Gasteiger partial charge in [0.1, 0.15) is 6.10 Å². The molecule has 0 bridgehead atoms. The van der Waals surface area contributed by atoms with Crippen LogP contribution in [0.25, 0.3) is 0 Å². The Kier molecular flexibility index (Phi) is 6.27. The molecule has 4 fully saturated rings. The van der Waals surface area contributed by atoms with Crippen molar-refractivity contribution in [2.45, 2.75) is 97.2 Å². The molecule has 188 valence electrons. The lowest BCUT2D eigenvalue weighted by molar-refractivity contribution is -0.175. The Balaban J connectivity index is 1.38. The Morgan fingerprint density at radius 2 is 1.60 bits per heavy atom. The van der Waals surface area contributed by atoms with Crippen molar-refractivity contribution in [1.29, 1.82) is 0 Å². The smallest absolute Gasteiger partial charge is 0.304 e. The maximum atomic E-state index is 12.1. The SMILES string of the molecule is CC(=O)O[C@H]1CC[C@@H]2[C@@H]3CC[C@H]4C[C@](C#Cc5ccccc5)(OC(C)=O)CC[C@]4(C)[C@@H]3CC[C@]12C. The Bertz CT molecular complexity index is 1040. The fourth-order valence-corrected chi connectivity index (χ4v) is 8.79. The minimum atomic E-state index is -0.685. The summed E-state index contributed by atoms with van der Waals surface area (Å²) < 4.78 is 11.8. The van der Waals surface area contributed by atoms with E-state index in [0.29, 0.717) is 23.7 Å². The van der Waals surface area contributed by atoms with E-state index in [2.05, 4.69) is 25.7 Å². The molecule has 4 heteroatoms. The Morgan fingerprint density at radius 3 is 2.31 bits per heavy atom. The molecule has 4 aliphatic carbocycles. The largest absolute Gasteiger partial charge is 0.462 e. The van der Waals surface area contributed by atoms with Crippen molar-refractivity contribution in [3.8, 4) is 11.8 Å². The van der Waals surface area contributed by atoms with Crippen LogP contribution in [-0.4, -0.2) is 23.6 Å². The predicted molar refractivity (Wildman–Crippen MR) is 135 cm³/mol. The maximum absolute atomic E-state index is 12.1. The first-order valence-corrected chi connectivity index (χ1v) is 13.6. The van der Waals surface area contributed by atoms with E-state index in [1.165, 1.54) is 32.6 Å². The molecule has 0 amide bonds. The molecule has 0 aromatic heterocycles. The van der Waals surface area contributed by atoms with E-state index >= 15 is 0 Å². The third kappa shape index (κ3) is 4.30. The predicted octanol–water partition coefficient (Wildman–Crippen LogP) is 6.31. The van der Waals surface area contributed by atoms with Gasteiger partial charge in [0.25, 0.3) is 0 Å². The molecule has 0 unspecified atom stereocenters. The van der Waals surface area contributed by atoms with Gasteiger partial charge in [-0.1, -0.05) is 38.0 Å². The number of hydrogen-bond acceptors (Lipinski definition) is 4. The molecule has 4 aliphatic rings. The molecule has 1 aromatic rings. The van der Waals surface area contributed by atoms with Crippen LogP contribution in [0.3, 0.4) is 0 Å². The van der Waals surface area contributed by atoms with Crippen molar-refractivity contribution in [3.63, 3.8) is 0 Å². The number of carbonyl (C=O) groups excluding carboxylic acids is 2. The van der Waals surface area contributed by atoms with Gasteiger partial charge in [-0.05, 0) is 98.5 Å². The van der Waals surface area contributed by atoms with Gasteiger partial charge in [0.2, 0.25) is 0 Å². The van der Waals surface area contributed by atoms with E-state index < -0.39 is 5.60 Å². The molecule has 4 nitrogen and oxygen atoms in total. The van der Waals surface area contributed by atoms with Crippen LogP contribution in [0.5, 0.6) is 0 Å². The molecule has 0 N–H and O–H groups in total. The van der Waals surface area contributed by atoms with Crippen LogP contribution in [0.4, 0.5) is 0 Å². The zero-order chi connectivity index (χ0) is 24.8. The lowest BCUT2D eigenvalue weighted by Crippen LogP contribution is -2.56. The Hall–Kier alpha value is -2.28. The van der Waals surface area contributed by atoms with Gasteiger partial charge in [0.05, 0.1) is 0 Å². The van der Waals surface area contributed by atoms with E-state index in [-0.39, 0.29) is 28.9 Å². The van der Waals surface area contributed by atoms with Crippen molar-refractivity contribution in [1.82, 2.24) is 0 Å². The first kappa shape index (κ1) is 24.4. The third-order valence-corrected chi connectivity index (χ3v) is 10.5. The average Bonchev–Trinajstić information content (AvgIpc) is 3.14. The summed E-state index contributed by atoms with van der Waals surface area (Å²) in [4.78, 5) is 23.9. The van der Waals surface area contributed by atoms with Crippen molar-refractivity contribution in [2.24, 2.45) is 34.5 Å². The van der Waals surface area contributed by atoms with Gasteiger partial charge >= 0.3 is 11.9 Å². The van der Waals surface area contributed by atoms with Crippen LogP contribution in [0.15, 0.2) is 30.3 Å². The van der Waals surface area contributed by atoms with E-state index in [1.807, 2.05) is 30.3 Å². The summed E-state index contributed by atoms with van der Waals surface area (Å²) in [6.07, 6.45) is 9.69. The van der Waals surface area contributed by atoms with Crippen LogP contribution in [0, 0.1) is 46.3 Å². The highest BCUT2D eigenvalue weighted by molar-refractivity contribution is 5.67. The van der Waals surface area contributed by atoms with E-state index in [0.717, 1.165) is 37.7 Å². The molecule has 0 aliphatic heterocycles. The number of ether oxygens (including phenoxy) is 2. The maximum Gasteiger partial charge on any atom is 0.304 e. The summed E-state index contributed by atoms with van der Waals surface area (Å²) in [6, 6.07) is 10.00. The van der Waals surface area contributed by atoms with Crippen LogP contribution < -0.4 is 0 Å². The van der Waals surface area contributed by atoms with E-state index in [1.54, 1.807) is 6.92 Å². The highest BCUT2D eigenvalue weighted by Crippen LogP contribution is 2.67. The Labute approximate surface area is 210 Å². The van der Waals surface area contributed by atoms with E-state index in [9.17, 15) is 9.59 Å². The van der Waals surface area contributed by atoms with Gasteiger partial charge in [-0.15, -0.1) is 0 Å². The van der Waals surface area contributed by atoms with Crippen molar-refractivity contribution in [3.05, 3.63) is 35.9 Å². The summed E-state index contributed by atoms with van der Waals surface area (Å²) in [7, 11) is 0. The molecule has 35 heavy (non-hydrogen) atoms. The number of fused-ring (bicyclic) bond motifs is 5. The normalized spacial score (nSPS) is 41.9. The van der Waals surface area contributed by atoms with Crippen molar-refractivity contribution < 1.29 is 19.1 Å². The lowest BCUT2D eigenvalue weighted by Gasteiger charge is -2.61. The fraction of sp³-hybridized carbons (Fsp3) is 0.677. The second-order valence-electron chi connectivity index (χ2n) is 12.3. The summed E-state index contributed by atoms with van der Waals surface area (Å²) in [5.41, 5.74) is 0.649. The minimum Gasteiger partial charge on any atom is -0.462 e. The molecule has 0 heterocycles. The standard InChI is InChI=1S/C31H40O4/c1-21(32)34-28-13-12-26-25-11-10-24-20-31(35-22(2)33,17-14-23-8-6-5-7-9-23)19-18-29(24,3)27(25)15-16-30(26,28)4/h5-9,24-28H,10-13,15-16,18-20H2,1-4H3/t24-,25-,26+,27+,28-,29-,30-,31+/m0/s1. The summed E-state index contributed by atoms with van der Waals surface area (Å²) in [5.74, 6) is 8.91. The van der Waals surface area contributed by atoms with Gasteiger partial charge in [-0.3, -0.25) is 9.59 Å². The van der Waals surface area contributed by atoms with Gasteiger partial charge in [-0.25, -0.2) is 0 Å². The second kappa shape index (κ2) is 8.99. The minimum absolute atomic E-state index is 0.0766. The first-order chi connectivity index (χ1) is 16.7. The third-order valence-electron chi connectivity index (χ3n) is 10.5. The van der Waals surface area contributed by atoms with Gasteiger partial charge in [0, 0.05) is 31.2 Å². The van der Waals surface area contributed by atoms with Gasteiger partial charge in [0.15, 0.2) is 5.60 Å². The zero-order valence-corrected chi connectivity index (χ0v) is 21.8. The fourth-order valence-electron chi connectivity index (χ4n) is 8.79. The molecule has 4 saturated carbocycles. The highest BCUT2D eigenvalue weighted by Gasteiger charge is 2.62. The number of benzene rings is 1. The van der Waals surface area contributed by atoms with Crippen LogP contribution in [0.1, 0.15) is 91.0 Å². The van der Waals surface area contributed by atoms with E-state index in [4.69, 9.17) is 9.47 Å². The lowest BCUT2D eigenvalue weighted by atomic mass is 9.44. The monoisotopic (exact) mass is 476 g/mol. The van der Waals surface area contributed by atoms with Crippen molar-refractivity contribution in [2.75, 3.05) is 0 Å². The molecule has 0 saturated heterocycles. The van der Waals surface area contributed by atoms with Gasteiger partial charge < -0.3 is 9.47 Å².